The van der Waals surface area contributed by atoms with Gasteiger partial charge in [-0.2, -0.15) is 4.98 Å². The maximum absolute atomic E-state index is 12.9. The predicted octanol–water partition coefficient (Wildman–Crippen LogP) is 5.71. The molecule has 2 N–H and O–H groups in total. The van der Waals surface area contributed by atoms with E-state index in [4.69, 9.17) is 16.7 Å². The van der Waals surface area contributed by atoms with Crippen molar-refractivity contribution in [2.75, 3.05) is 5.32 Å². The van der Waals surface area contributed by atoms with Gasteiger partial charge in [0.05, 0.1) is 4.47 Å². The molecule has 2 heterocycles. The number of phenolic OH excluding ortho intramolecular Hbond substituents is 1. The van der Waals surface area contributed by atoms with Crippen LogP contribution in [-0.2, 0) is 10.5 Å². The third-order valence-electron chi connectivity index (χ3n) is 5.45. The van der Waals surface area contributed by atoms with E-state index in [0.717, 1.165) is 29.7 Å². The lowest BCUT2D eigenvalue weighted by atomic mass is 9.85. The number of halogens is 2. The number of benzene rings is 2. The average molecular weight is 518 g/mol. The van der Waals surface area contributed by atoms with Crippen molar-refractivity contribution in [2.45, 2.75) is 36.2 Å². The summed E-state index contributed by atoms with van der Waals surface area (Å²) in [4.78, 5) is 17.5. The fourth-order valence-electron chi connectivity index (χ4n) is 3.96. The lowest BCUT2D eigenvalue weighted by Gasteiger charge is -2.32. The van der Waals surface area contributed by atoms with Crippen molar-refractivity contribution in [3.05, 3.63) is 74.4 Å². The number of anilines is 1. The number of rotatable bonds is 4. The summed E-state index contributed by atoms with van der Waals surface area (Å²) in [7, 11) is 0. The number of hydrogen-bond acceptors (Lipinski definition) is 6. The molecular formula is C22H18BrClN4O2S. The number of aromatic nitrogens is 3. The van der Waals surface area contributed by atoms with Crippen LogP contribution in [-0.4, -0.2) is 25.7 Å². The molecule has 0 bridgehead atoms. The number of Topliss-reactive ketones (excluding diaryl/α,β-unsaturated/α-hetero) is 1. The Bertz CT molecular complexity index is 1230. The minimum Gasteiger partial charge on any atom is -0.507 e. The summed E-state index contributed by atoms with van der Waals surface area (Å²) in [6, 6.07) is 12.6. The van der Waals surface area contributed by atoms with Crippen molar-refractivity contribution in [2.24, 2.45) is 0 Å². The molecule has 9 heteroatoms. The summed E-state index contributed by atoms with van der Waals surface area (Å²) < 4.78 is 2.35. The van der Waals surface area contributed by atoms with Crippen molar-refractivity contribution in [3.8, 4) is 5.75 Å². The molecule has 1 aromatic heterocycles. The number of nitrogens with one attached hydrogen (secondary N) is 1. The van der Waals surface area contributed by atoms with Crippen LogP contribution in [0.25, 0.3) is 0 Å². The van der Waals surface area contributed by atoms with Gasteiger partial charge in [-0.1, -0.05) is 47.6 Å². The van der Waals surface area contributed by atoms with Gasteiger partial charge in [0.15, 0.2) is 5.78 Å². The Labute approximate surface area is 196 Å². The second-order valence-corrected chi connectivity index (χ2v) is 9.65. The van der Waals surface area contributed by atoms with Gasteiger partial charge < -0.3 is 10.4 Å². The van der Waals surface area contributed by atoms with E-state index in [0.29, 0.717) is 38.3 Å². The predicted molar refractivity (Wildman–Crippen MR) is 124 cm³/mol. The number of aromatic hydroxyl groups is 1. The monoisotopic (exact) mass is 516 g/mol. The fraction of sp³-hybridized carbons (Fsp3) is 0.227. The van der Waals surface area contributed by atoms with Gasteiger partial charge in [0.1, 0.15) is 11.8 Å². The third-order valence-corrected chi connectivity index (χ3v) is 7.37. The first-order chi connectivity index (χ1) is 15.0. The molecule has 0 radical (unpaired) electrons. The quantitative estimate of drug-likeness (QED) is 0.431. The molecule has 3 aromatic rings. The first-order valence-electron chi connectivity index (χ1n) is 9.85. The van der Waals surface area contributed by atoms with Crippen molar-refractivity contribution < 1.29 is 9.90 Å². The van der Waals surface area contributed by atoms with Crippen molar-refractivity contribution >= 4 is 51.0 Å². The molecule has 6 nitrogen and oxygen atoms in total. The van der Waals surface area contributed by atoms with Crippen LogP contribution in [0.4, 0.5) is 5.95 Å². The lowest BCUT2D eigenvalue weighted by molar-refractivity contribution is -0.116. The number of carbonyl (C=O) groups is 1. The molecule has 2 aliphatic rings. The van der Waals surface area contributed by atoms with Gasteiger partial charge in [0.2, 0.25) is 11.1 Å². The molecule has 1 atom stereocenters. The van der Waals surface area contributed by atoms with E-state index in [-0.39, 0.29) is 11.5 Å². The maximum Gasteiger partial charge on any atom is 0.227 e. The molecule has 0 saturated heterocycles. The van der Waals surface area contributed by atoms with Crippen LogP contribution < -0.4 is 5.32 Å². The number of thioether (sulfide) groups is 1. The smallest absolute Gasteiger partial charge is 0.227 e. The van der Waals surface area contributed by atoms with Gasteiger partial charge in [-0.25, -0.2) is 4.68 Å². The summed E-state index contributed by atoms with van der Waals surface area (Å²) in [5.41, 5.74) is 3.40. The van der Waals surface area contributed by atoms with Crippen LogP contribution in [0.3, 0.4) is 0 Å². The SMILES string of the molecule is O=C1CCCC2=C1C(c1ccc(Br)c(O)c1)n1nc(SCc3ccccc3Cl)nc1N2. The number of fused-ring (bicyclic) bond motifs is 1. The standard InChI is InChI=1S/C22H18BrClN4O2S/c23-14-9-8-12(10-18(14)30)20-19-16(6-3-7-17(19)29)25-21-26-22(27-28(20)21)31-11-13-4-1-2-5-15(13)24/h1-2,4-5,8-10,20,30H,3,6-7,11H2,(H,25,26,27). The first kappa shape index (κ1) is 20.6. The highest BCUT2D eigenvalue weighted by Crippen LogP contribution is 2.42. The molecule has 5 rings (SSSR count). The summed E-state index contributed by atoms with van der Waals surface area (Å²) in [5.74, 6) is 1.46. The lowest BCUT2D eigenvalue weighted by Crippen LogP contribution is -2.31. The van der Waals surface area contributed by atoms with Gasteiger partial charge in [-0.3, -0.25) is 4.79 Å². The zero-order chi connectivity index (χ0) is 21.5. The summed E-state index contributed by atoms with van der Waals surface area (Å²) in [5, 5.41) is 19.6. The van der Waals surface area contributed by atoms with E-state index in [2.05, 4.69) is 26.2 Å². The van der Waals surface area contributed by atoms with Gasteiger partial charge in [0, 0.05) is 28.5 Å². The minimum atomic E-state index is -0.430. The van der Waals surface area contributed by atoms with Crippen LogP contribution in [0.15, 0.2) is 63.4 Å². The van der Waals surface area contributed by atoms with Crippen molar-refractivity contribution in [1.29, 1.82) is 0 Å². The third kappa shape index (κ3) is 3.88. The Morgan fingerprint density at radius 1 is 1.26 bits per heavy atom. The van der Waals surface area contributed by atoms with Crippen molar-refractivity contribution in [1.82, 2.24) is 14.8 Å². The number of allylic oxidation sites excluding steroid dienone is 2. The molecule has 0 saturated carbocycles. The van der Waals surface area contributed by atoms with Gasteiger partial charge in [-0.05, 0) is 58.1 Å². The molecule has 0 fully saturated rings. The van der Waals surface area contributed by atoms with E-state index in [9.17, 15) is 9.90 Å². The normalized spacial score (nSPS) is 17.9. The van der Waals surface area contributed by atoms with Crippen molar-refractivity contribution in [3.63, 3.8) is 0 Å². The Morgan fingerprint density at radius 3 is 2.90 bits per heavy atom. The molecule has 1 aliphatic heterocycles. The van der Waals surface area contributed by atoms with E-state index >= 15 is 0 Å². The molecule has 1 unspecified atom stereocenters. The molecule has 31 heavy (non-hydrogen) atoms. The molecule has 1 aliphatic carbocycles. The highest BCUT2D eigenvalue weighted by molar-refractivity contribution is 9.10. The second-order valence-electron chi connectivity index (χ2n) is 7.45. The number of nitrogens with zero attached hydrogens (tertiary/aromatic N) is 3. The number of ketones is 1. The maximum atomic E-state index is 12.9. The van der Waals surface area contributed by atoms with Crippen LogP contribution >= 0.6 is 39.3 Å². The molecular weight excluding hydrogens is 500 g/mol. The Balaban J connectivity index is 1.53. The average Bonchev–Trinajstić information content (AvgIpc) is 3.16. The summed E-state index contributed by atoms with van der Waals surface area (Å²) in [6.45, 7) is 0. The highest BCUT2D eigenvalue weighted by atomic mass is 79.9. The van der Waals surface area contributed by atoms with Crippen LogP contribution in [0, 0.1) is 0 Å². The first-order valence-corrected chi connectivity index (χ1v) is 12.0. The topological polar surface area (TPSA) is 80.0 Å². The summed E-state index contributed by atoms with van der Waals surface area (Å²) in [6.07, 6.45) is 2.11. The minimum absolute atomic E-state index is 0.104. The number of carbonyl (C=O) groups excluding carboxylic acids is 1. The van der Waals surface area contributed by atoms with Gasteiger partial charge in [-0.15, -0.1) is 5.10 Å². The highest BCUT2D eigenvalue weighted by Gasteiger charge is 2.37. The largest absolute Gasteiger partial charge is 0.507 e. The Morgan fingerprint density at radius 2 is 2.10 bits per heavy atom. The van der Waals surface area contributed by atoms with Crippen LogP contribution in [0.5, 0.6) is 5.75 Å². The van der Waals surface area contributed by atoms with E-state index in [1.54, 1.807) is 16.8 Å². The fourth-order valence-corrected chi connectivity index (χ4v) is 5.32. The van der Waals surface area contributed by atoms with Crippen LogP contribution in [0.2, 0.25) is 5.02 Å². The second kappa shape index (κ2) is 8.33. The Kier molecular flexibility index (Phi) is 5.54. The molecule has 0 amide bonds. The number of phenols is 1. The molecule has 158 valence electrons. The summed E-state index contributed by atoms with van der Waals surface area (Å²) >= 11 is 11.1. The van der Waals surface area contributed by atoms with E-state index in [1.165, 1.54) is 11.8 Å². The van der Waals surface area contributed by atoms with E-state index < -0.39 is 6.04 Å². The van der Waals surface area contributed by atoms with Gasteiger partial charge in [0.25, 0.3) is 0 Å². The molecule has 0 spiro atoms. The van der Waals surface area contributed by atoms with Gasteiger partial charge >= 0.3 is 0 Å². The zero-order valence-electron chi connectivity index (χ0n) is 16.3. The Hall–Kier alpha value is -2.29. The zero-order valence-corrected chi connectivity index (χ0v) is 19.5. The molecule has 2 aromatic carbocycles. The van der Waals surface area contributed by atoms with E-state index in [1.807, 2.05) is 30.3 Å². The number of hydrogen-bond donors (Lipinski definition) is 2. The van der Waals surface area contributed by atoms with Crippen LogP contribution in [0.1, 0.15) is 36.4 Å².